The highest BCUT2D eigenvalue weighted by atomic mass is 28.4. The van der Waals surface area contributed by atoms with Crippen LogP contribution in [0.3, 0.4) is 0 Å². The molecule has 0 aliphatic carbocycles. The Morgan fingerprint density at radius 3 is 2.00 bits per heavy atom. The molecule has 0 bridgehead atoms. The third-order valence-electron chi connectivity index (χ3n) is 4.64. The first-order valence-corrected chi connectivity index (χ1v) is 9.90. The summed E-state index contributed by atoms with van der Waals surface area (Å²) in [7, 11) is -1.76. The standard InChI is InChI=1S/C15H32O3Si/c1-11(2)19(12(3)4,13(5)6)18-10-8-15-14(16)7-9-17-15/h11-16H,7-10H2,1-6H3/t14-,15-/m0/s1. The lowest BCUT2D eigenvalue weighted by Gasteiger charge is -2.42. The van der Waals surface area contributed by atoms with Gasteiger partial charge in [-0.3, -0.25) is 0 Å². The Balaban J connectivity index is 2.58. The Morgan fingerprint density at radius 1 is 1.11 bits per heavy atom. The van der Waals surface area contributed by atoms with Crippen LogP contribution < -0.4 is 0 Å². The molecule has 1 rings (SSSR count). The summed E-state index contributed by atoms with van der Waals surface area (Å²) < 4.78 is 12.0. The first-order valence-electron chi connectivity index (χ1n) is 7.76. The Kier molecular flexibility index (Phi) is 6.50. The molecule has 1 saturated heterocycles. The average molecular weight is 289 g/mol. The molecule has 4 heteroatoms. The first kappa shape index (κ1) is 17.1. The third kappa shape index (κ3) is 3.81. The van der Waals surface area contributed by atoms with Gasteiger partial charge in [0.2, 0.25) is 0 Å². The van der Waals surface area contributed by atoms with E-state index < -0.39 is 8.32 Å². The molecule has 0 saturated carbocycles. The zero-order chi connectivity index (χ0) is 14.6. The van der Waals surface area contributed by atoms with E-state index in [1.54, 1.807) is 0 Å². The maximum Gasteiger partial charge on any atom is 0.200 e. The number of hydrogen-bond donors (Lipinski definition) is 1. The van der Waals surface area contributed by atoms with Crippen LogP contribution in [-0.2, 0) is 9.16 Å². The fraction of sp³-hybridized carbons (Fsp3) is 1.00. The van der Waals surface area contributed by atoms with Gasteiger partial charge in [-0.1, -0.05) is 41.5 Å². The minimum absolute atomic E-state index is 0.0156. The molecule has 2 atom stereocenters. The Labute approximate surface area is 119 Å². The molecule has 114 valence electrons. The number of hydrogen-bond acceptors (Lipinski definition) is 3. The van der Waals surface area contributed by atoms with Crippen molar-refractivity contribution >= 4 is 8.32 Å². The third-order valence-corrected chi connectivity index (χ3v) is 10.8. The summed E-state index contributed by atoms with van der Waals surface area (Å²) in [5.41, 5.74) is 1.84. The van der Waals surface area contributed by atoms with E-state index in [2.05, 4.69) is 41.5 Å². The predicted molar refractivity (Wildman–Crippen MR) is 82.0 cm³/mol. The summed E-state index contributed by atoms with van der Waals surface area (Å²) in [5, 5.41) is 9.78. The molecule has 1 aliphatic heterocycles. The molecule has 1 N–H and O–H groups in total. The Bertz CT molecular complexity index is 244. The lowest BCUT2D eigenvalue weighted by atomic mass is 10.1. The summed E-state index contributed by atoms with van der Waals surface area (Å²) in [6, 6.07) is 0. The lowest BCUT2D eigenvalue weighted by Crippen LogP contribution is -2.48. The van der Waals surface area contributed by atoms with Crippen molar-refractivity contribution in [1.29, 1.82) is 0 Å². The molecule has 0 spiro atoms. The van der Waals surface area contributed by atoms with E-state index in [4.69, 9.17) is 9.16 Å². The smallest absolute Gasteiger partial charge is 0.200 e. The van der Waals surface area contributed by atoms with Crippen LogP contribution in [0.1, 0.15) is 54.4 Å². The molecular formula is C15H32O3Si. The molecule has 1 fully saturated rings. The van der Waals surface area contributed by atoms with Gasteiger partial charge in [0.05, 0.1) is 12.2 Å². The van der Waals surface area contributed by atoms with E-state index >= 15 is 0 Å². The van der Waals surface area contributed by atoms with Crippen LogP contribution in [0.2, 0.25) is 16.6 Å². The van der Waals surface area contributed by atoms with E-state index in [0.29, 0.717) is 23.2 Å². The molecule has 0 radical (unpaired) electrons. The number of aliphatic hydroxyl groups excluding tert-OH is 1. The molecule has 0 aromatic carbocycles. The van der Waals surface area contributed by atoms with Crippen LogP contribution >= 0.6 is 0 Å². The molecule has 0 unspecified atom stereocenters. The second kappa shape index (κ2) is 7.20. The van der Waals surface area contributed by atoms with E-state index in [-0.39, 0.29) is 12.2 Å². The van der Waals surface area contributed by atoms with Gasteiger partial charge in [0, 0.05) is 13.2 Å². The SMILES string of the molecule is CC(C)[Si](OCC[C@@H]1OCC[C@@H]1O)(C(C)C)C(C)C. The highest BCUT2D eigenvalue weighted by molar-refractivity contribution is 6.77. The van der Waals surface area contributed by atoms with Gasteiger partial charge in [0.1, 0.15) is 0 Å². The summed E-state index contributed by atoms with van der Waals surface area (Å²) in [5.74, 6) is 0. The molecule has 3 nitrogen and oxygen atoms in total. The van der Waals surface area contributed by atoms with Crippen molar-refractivity contribution in [3.8, 4) is 0 Å². The van der Waals surface area contributed by atoms with Crippen molar-refractivity contribution in [1.82, 2.24) is 0 Å². The maximum absolute atomic E-state index is 9.78. The summed E-state index contributed by atoms with van der Waals surface area (Å²) >= 11 is 0. The minimum atomic E-state index is -1.76. The zero-order valence-corrected chi connectivity index (χ0v) is 14.5. The largest absolute Gasteiger partial charge is 0.416 e. The van der Waals surface area contributed by atoms with Crippen molar-refractivity contribution in [2.75, 3.05) is 13.2 Å². The minimum Gasteiger partial charge on any atom is -0.416 e. The highest BCUT2D eigenvalue weighted by Gasteiger charge is 2.45. The van der Waals surface area contributed by atoms with Gasteiger partial charge < -0.3 is 14.3 Å². The van der Waals surface area contributed by atoms with E-state index in [9.17, 15) is 5.11 Å². The summed E-state index contributed by atoms with van der Waals surface area (Å²) in [6.07, 6.45) is 1.28. The zero-order valence-electron chi connectivity index (χ0n) is 13.5. The highest BCUT2D eigenvalue weighted by Crippen LogP contribution is 2.42. The van der Waals surface area contributed by atoms with Crippen LogP contribution in [0.25, 0.3) is 0 Å². The monoisotopic (exact) mass is 288 g/mol. The second-order valence-electron chi connectivity index (χ2n) is 6.72. The van der Waals surface area contributed by atoms with Crippen LogP contribution in [-0.4, -0.2) is 38.8 Å². The quantitative estimate of drug-likeness (QED) is 0.726. The summed E-state index contributed by atoms with van der Waals surface area (Å²) in [6.45, 7) is 15.2. The molecule has 19 heavy (non-hydrogen) atoms. The fourth-order valence-corrected chi connectivity index (χ4v) is 9.24. The number of aliphatic hydroxyl groups is 1. The average Bonchev–Trinajstić information content (AvgIpc) is 2.69. The first-order chi connectivity index (χ1) is 8.82. The maximum atomic E-state index is 9.78. The van der Waals surface area contributed by atoms with Crippen molar-refractivity contribution in [3.05, 3.63) is 0 Å². The van der Waals surface area contributed by atoms with Gasteiger partial charge in [-0.15, -0.1) is 0 Å². The van der Waals surface area contributed by atoms with Crippen molar-refractivity contribution < 1.29 is 14.3 Å². The molecule has 0 aromatic rings. The number of rotatable bonds is 7. The second-order valence-corrected chi connectivity index (χ2v) is 12.2. The van der Waals surface area contributed by atoms with Crippen molar-refractivity contribution in [2.24, 2.45) is 0 Å². The van der Waals surface area contributed by atoms with Crippen LogP contribution in [0.4, 0.5) is 0 Å². The number of ether oxygens (including phenoxy) is 1. The molecule has 0 amide bonds. The van der Waals surface area contributed by atoms with E-state index in [1.807, 2.05) is 0 Å². The molecule has 1 aliphatic rings. The van der Waals surface area contributed by atoms with Gasteiger partial charge in [0.25, 0.3) is 0 Å². The predicted octanol–water partition coefficient (Wildman–Crippen LogP) is 3.72. The van der Waals surface area contributed by atoms with Crippen LogP contribution in [0, 0.1) is 0 Å². The van der Waals surface area contributed by atoms with Crippen molar-refractivity contribution in [3.63, 3.8) is 0 Å². The fourth-order valence-electron chi connectivity index (χ4n) is 3.76. The summed E-state index contributed by atoms with van der Waals surface area (Å²) in [4.78, 5) is 0. The Hall–Kier alpha value is 0.0969. The van der Waals surface area contributed by atoms with E-state index in [0.717, 1.165) is 19.4 Å². The lowest BCUT2D eigenvalue weighted by molar-refractivity contribution is 0.0265. The molecular weight excluding hydrogens is 256 g/mol. The van der Waals surface area contributed by atoms with Gasteiger partial charge in [0.15, 0.2) is 8.32 Å². The van der Waals surface area contributed by atoms with Crippen molar-refractivity contribution in [2.45, 2.75) is 83.2 Å². The molecule has 0 aromatic heterocycles. The van der Waals surface area contributed by atoms with E-state index in [1.165, 1.54) is 0 Å². The molecule has 1 heterocycles. The van der Waals surface area contributed by atoms with Crippen LogP contribution in [0.15, 0.2) is 0 Å². The van der Waals surface area contributed by atoms with Gasteiger partial charge in [-0.2, -0.15) is 0 Å². The van der Waals surface area contributed by atoms with Gasteiger partial charge in [-0.25, -0.2) is 0 Å². The van der Waals surface area contributed by atoms with Gasteiger partial charge >= 0.3 is 0 Å². The normalized spacial score (nSPS) is 24.9. The Morgan fingerprint density at radius 2 is 1.63 bits per heavy atom. The van der Waals surface area contributed by atoms with Gasteiger partial charge in [-0.05, 0) is 29.5 Å². The van der Waals surface area contributed by atoms with Crippen LogP contribution in [0.5, 0.6) is 0 Å². The topological polar surface area (TPSA) is 38.7 Å².